The fourth-order valence-corrected chi connectivity index (χ4v) is 4.28. The predicted octanol–water partition coefficient (Wildman–Crippen LogP) is 5.22. The first-order valence-electron chi connectivity index (χ1n) is 10.5. The van der Waals surface area contributed by atoms with Gasteiger partial charge < -0.3 is 19.7 Å². The minimum absolute atomic E-state index is 0.241. The van der Waals surface area contributed by atoms with Crippen LogP contribution in [0.3, 0.4) is 0 Å². The van der Waals surface area contributed by atoms with Crippen molar-refractivity contribution in [1.82, 2.24) is 14.9 Å². The molecule has 2 aliphatic rings. The number of nitrogens with one attached hydrogen (secondary N) is 1. The highest BCUT2D eigenvalue weighted by Crippen LogP contribution is 2.52. The van der Waals surface area contributed by atoms with E-state index in [9.17, 15) is 4.79 Å². The van der Waals surface area contributed by atoms with Gasteiger partial charge in [-0.1, -0.05) is 17.7 Å². The number of aromatic nitrogens is 2. The summed E-state index contributed by atoms with van der Waals surface area (Å²) in [5, 5.41) is 3.63. The number of hydrogen-bond donors (Lipinski definition) is 1. The molecule has 9 heteroatoms. The van der Waals surface area contributed by atoms with Gasteiger partial charge in [-0.15, -0.1) is 0 Å². The Balaban J connectivity index is 1.33. The lowest BCUT2D eigenvalue weighted by Crippen LogP contribution is -2.37. The van der Waals surface area contributed by atoms with Gasteiger partial charge in [0.2, 0.25) is 5.88 Å². The summed E-state index contributed by atoms with van der Waals surface area (Å²) in [7, 11) is 0. The van der Waals surface area contributed by atoms with Gasteiger partial charge in [0.15, 0.2) is 5.69 Å². The van der Waals surface area contributed by atoms with Crippen LogP contribution in [-0.4, -0.2) is 46.3 Å². The molecule has 1 saturated carbocycles. The average molecular weight is 456 g/mol. The van der Waals surface area contributed by atoms with Gasteiger partial charge in [-0.05, 0) is 51.7 Å². The number of amides is 1. The maximum Gasteiger partial charge on any atom is 0.410 e. The van der Waals surface area contributed by atoms with Crippen LogP contribution in [0.15, 0.2) is 24.5 Å². The van der Waals surface area contributed by atoms with E-state index in [1.54, 1.807) is 23.1 Å². The highest BCUT2D eigenvalue weighted by Gasteiger charge is 2.57. The van der Waals surface area contributed by atoms with Gasteiger partial charge in [-0.2, -0.15) is 0 Å². The van der Waals surface area contributed by atoms with Crippen molar-refractivity contribution in [3.05, 3.63) is 46.5 Å². The van der Waals surface area contributed by atoms with Crippen molar-refractivity contribution in [2.24, 2.45) is 17.8 Å². The number of likely N-dealkylation sites (tertiary alicyclic amines) is 1. The summed E-state index contributed by atoms with van der Waals surface area (Å²) in [5.41, 5.74) is 1.43. The van der Waals surface area contributed by atoms with Crippen LogP contribution in [0.25, 0.3) is 4.85 Å². The van der Waals surface area contributed by atoms with E-state index < -0.39 is 5.60 Å². The Hall–Kier alpha value is -3.05. The summed E-state index contributed by atoms with van der Waals surface area (Å²) >= 11 is 6.27. The number of fused-ring (bicyclic) bond motifs is 1. The maximum atomic E-state index is 12.2. The van der Waals surface area contributed by atoms with E-state index in [1.807, 2.05) is 27.7 Å². The molecular formula is C23H26ClN5O3. The minimum atomic E-state index is -0.480. The van der Waals surface area contributed by atoms with Crippen LogP contribution in [0.2, 0.25) is 5.02 Å². The molecule has 168 valence electrons. The van der Waals surface area contributed by atoms with Crippen LogP contribution in [0.4, 0.5) is 22.0 Å². The first-order valence-corrected chi connectivity index (χ1v) is 10.9. The zero-order valence-electron chi connectivity index (χ0n) is 18.6. The average Bonchev–Trinajstić information content (AvgIpc) is 3.17. The lowest BCUT2D eigenvalue weighted by atomic mass is 10.2. The first-order chi connectivity index (χ1) is 15.2. The zero-order valence-corrected chi connectivity index (χ0v) is 19.3. The molecule has 0 spiro atoms. The van der Waals surface area contributed by atoms with Crippen molar-refractivity contribution in [3.8, 4) is 5.88 Å². The minimum Gasteiger partial charge on any atom is -0.477 e. The molecule has 2 aromatic rings. The Labute approximate surface area is 192 Å². The molecule has 4 rings (SSSR count). The van der Waals surface area contributed by atoms with Crippen molar-refractivity contribution in [2.45, 2.75) is 33.3 Å². The molecule has 8 nitrogen and oxygen atoms in total. The lowest BCUT2D eigenvalue weighted by Gasteiger charge is -2.25. The predicted molar refractivity (Wildman–Crippen MR) is 122 cm³/mol. The fourth-order valence-electron chi connectivity index (χ4n) is 4.06. The van der Waals surface area contributed by atoms with Crippen molar-refractivity contribution in [2.75, 3.05) is 25.0 Å². The van der Waals surface area contributed by atoms with Crippen molar-refractivity contribution < 1.29 is 14.3 Å². The van der Waals surface area contributed by atoms with Crippen LogP contribution in [0.1, 0.15) is 26.3 Å². The zero-order chi connectivity index (χ0) is 23.0. The number of nitrogens with zero attached hydrogens (tertiary/aromatic N) is 4. The van der Waals surface area contributed by atoms with Crippen LogP contribution in [0, 0.1) is 31.2 Å². The molecule has 0 bridgehead atoms. The van der Waals surface area contributed by atoms with E-state index in [1.165, 1.54) is 6.33 Å². The molecular weight excluding hydrogens is 430 g/mol. The number of benzene rings is 1. The van der Waals surface area contributed by atoms with Crippen molar-refractivity contribution in [3.63, 3.8) is 0 Å². The Morgan fingerprint density at radius 2 is 2.03 bits per heavy atom. The first kappa shape index (κ1) is 22.2. The van der Waals surface area contributed by atoms with Crippen molar-refractivity contribution in [1.29, 1.82) is 0 Å². The Kier molecular flexibility index (Phi) is 5.87. The van der Waals surface area contributed by atoms with Crippen LogP contribution >= 0.6 is 11.6 Å². The second kappa shape index (κ2) is 8.47. The molecule has 1 amide bonds. The SMILES string of the molecule is [C-]#[N+]c1ccc(Nc2ncnc(OCC3[C@H]4CN(C(=O)OC(C)(C)C)C[C@@H]34)c2C)c(Cl)c1. The van der Waals surface area contributed by atoms with Gasteiger partial charge in [0.05, 0.1) is 29.5 Å². The smallest absolute Gasteiger partial charge is 0.410 e. The number of hydrogen-bond acceptors (Lipinski definition) is 6. The molecule has 1 aromatic heterocycles. The number of halogens is 1. The summed E-state index contributed by atoms with van der Waals surface area (Å²) in [6.45, 7) is 16.6. The second-order valence-corrected chi connectivity index (χ2v) is 9.65. The van der Waals surface area contributed by atoms with Gasteiger partial charge in [0.25, 0.3) is 0 Å². The Morgan fingerprint density at radius 3 is 2.66 bits per heavy atom. The third kappa shape index (κ3) is 4.73. The Bertz CT molecular complexity index is 1070. The van der Waals surface area contributed by atoms with Crippen molar-refractivity contribution >= 4 is 34.9 Å². The molecule has 2 fully saturated rings. The number of carbonyl (C=O) groups excluding carboxylic acids is 1. The molecule has 2 heterocycles. The van der Waals surface area contributed by atoms with E-state index in [4.69, 9.17) is 27.6 Å². The third-order valence-electron chi connectivity index (χ3n) is 5.81. The lowest BCUT2D eigenvalue weighted by molar-refractivity contribution is 0.0260. The monoisotopic (exact) mass is 455 g/mol. The fraction of sp³-hybridized carbons (Fsp3) is 0.478. The molecule has 1 unspecified atom stereocenters. The summed E-state index contributed by atoms with van der Waals surface area (Å²) in [6, 6.07) is 5.05. The highest BCUT2D eigenvalue weighted by molar-refractivity contribution is 6.33. The highest BCUT2D eigenvalue weighted by atomic mass is 35.5. The molecule has 3 atom stereocenters. The van der Waals surface area contributed by atoms with Gasteiger partial charge >= 0.3 is 6.09 Å². The van der Waals surface area contributed by atoms with E-state index in [2.05, 4.69) is 20.1 Å². The van der Waals surface area contributed by atoms with Gasteiger partial charge in [-0.3, -0.25) is 0 Å². The summed E-state index contributed by atoms with van der Waals surface area (Å²) in [4.78, 5) is 26.0. The topological polar surface area (TPSA) is 80.9 Å². The molecule has 0 radical (unpaired) electrons. The quantitative estimate of drug-likeness (QED) is 0.622. The Morgan fingerprint density at radius 1 is 1.31 bits per heavy atom. The van der Waals surface area contributed by atoms with Gasteiger partial charge in [0, 0.05) is 19.0 Å². The van der Waals surface area contributed by atoms with Crippen LogP contribution in [-0.2, 0) is 4.74 Å². The molecule has 1 saturated heterocycles. The van der Waals surface area contributed by atoms with Crippen LogP contribution < -0.4 is 10.1 Å². The third-order valence-corrected chi connectivity index (χ3v) is 6.12. The number of piperidine rings is 1. The second-order valence-electron chi connectivity index (χ2n) is 9.24. The maximum absolute atomic E-state index is 12.2. The van der Waals surface area contributed by atoms with E-state index in [0.717, 1.165) is 5.56 Å². The number of anilines is 2. The summed E-state index contributed by atoms with van der Waals surface area (Å²) in [6.07, 6.45) is 1.21. The largest absolute Gasteiger partial charge is 0.477 e. The molecule has 1 N–H and O–H groups in total. The summed E-state index contributed by atoms with van der Waals surface area (Å²) in [5.74, 6) is 2.42. The van der Waals surface area contributed by atoms with E-state index in [-0.39, 0.29) is 6.09 Å². The number of carbonyl (C=O) groups is 1. The standard InChI is InChI=1S/C23H26ClN5O3/c1-13-20(28-19-7-6-14(25-5)8-18(19)24)26-12-27-21(13)31-11-17-15-9-29(10-16(15)17)22(30)32-23(2,3)4/h6-8,12,15-17H,9-11H2,1-4H3,(H,26,27,28)/t15-,16+,17?. The van der Waals surface area contributed by atoms with Gasteiger partial charge in [-0.25, -0.2) is 19.6 Å². The van der Waals surface area contributed by atoms with Crippen LogP contribution in [0.5, 0.6) is 5.88 Å². The molecule has 1 aliphatic heterocycles. The molecule has 1 aromatic carbocycles. The molecule has 32 heavy (non-hydrogen) atoms. The van der Waals surface area contributed by atoms with E-state index >= 15 is 0 Å². The normalized spacial score (nSPS) is 21.5. The van der Waals surface area contributed by atoms with E-state index in [0.29, 0.717) is 65.5 Å². The number of rotatable bonds is 5. The summed E-state index contributed by atoms with van der Waals surface area (Å²) < 4.78 is 11.5. The molecule has 1 aliphatic carbocycles. The van der Waals surface area contributed by atoms with Gasteiger partial charge in [0.1, 0.15) is 17.7 Å². The number of ether oxygens (including phenoxy) is 2.